The number of carbonyl (C=O) groups excluding carboxylic acids is 1. The van der Waals surface area contributed by atoms with Gasteiger partial charge in [0.15, 0.2) is 0 Å². The average molecular weight is 345 g/mol. The Labute approximate surface area is 144 Å². The lowest BCUT2D eigenvalue weighted by molar-refractivity contribution is -0.142. The number of hydrogen-bond donors (Lipinski definition) is 1. The highest BCUT2D eigenvalue weighted by Crippen LogP contribution is 2.44. The summed E-state index contributed by atoms with van der Waals surface area (Å²) in [4.78, 5) is 30.5. The van der Waals surface area contributed by atoms with E-state index in [0.29, 0.717) is 28.6 Å². The fourth-order valence-corrected chi connectivity index (χ4v) is 3.97. The highest BCUT2D eigenvalue weighted by molar-refractivity contribution is 6.32. The van der Waals surface area contributed by atoms with Crippen molar-refractivity contribution in [3.05, 3.63) is 41.0 Å². The van der Waals surface area contributed by atoms with Crippen LogP contribution in [-0.4, -0.2) is 40.0 Å². The molecule has 2 aromatic rings. The Morgan fingerprint density at radius 2 is 2.04 bits per heavy atom. The minimum Gasteiger partial charge on any atom is -0.481 e. The summed E-state index contributed by atoms with van der Waals surface area (Å²) >= 11 is 6.15. The summed E-state index contributed by atoms with van der Waals surface area (Å²) in [6.45, 7) is 0.761. The Bertz CT molecular complexity index is 834. The van der Waals surface area contributed by atoms with Gasteiger partial charge in [-0.15, -0.1) is 0 Å². The number of amides is 1. The third-order valence-electron chi connectivity index (χ3n) is 5.10. The molecule has 1 aliphatic heterocycles. The molecular weight excluding hydrogens is 328 g/mol. The van der Waals surface area contributed by atoms with E-state index in [2.05, 4.69) is 4.98 Å². The van der Waals surface area contributed by atoms with Crippen molar-refractivity contribution < 1.29 is 14.7 Å². The van der Waals surface area contributed by atoms with Gasteiger partial charge in [-0.25, -0.2) is 0 Å². The second-order valence-electron chi connectivity index (χ2n) is 6.68. The van der Waals surface area contributed by atoms with Gasteiger partial charge in [-0.1, -0.05) is 17.7 Å². The van der Waals surface area contributed by atoms with Crippen molar-refractivity contribution >= 4 is 34.4 Å². The highest BCUT2D eigenvalue weighted by Gasteiger charge is 2.47. The zero-order chi connectivity index (χ0) is 16.8. The van der Waals surface area contributed by atoms with Gasteiger partial charge in [0, 0.05) is 29.7 Å². The van der Waals surface area contributed by atoms with E-state index in [1.165, 1.54) is 0 Å². The Morgan fingerprint density at radius 1 is 1.25 bits per heavy atom. The normalized spacial score (nSPS) is 23.6. The Kier molecular flexibility index (Phi) is 3.68. The summed E-state index contributed by atoms with van der Waals surface area (Å²) in [6.07, 6.45) is 3.78. The first-order valence-corrected chi connectivity index (χ1v) is 8.49. The molecule has 0 unspecified atom stereocenters. The number of aliphatic carboxylic acids is 1. The number of pyridine rings is 1. The Hall–Kier alpha value is -2.14. The SMILES string of the molecule is O=C(O)[C@H]1CN(C(=O)c2cc(Cl)cc3cccnc23)C[C@@H]1C1CC1. The third-order valence-corrected chi connectivity index (χ3v) is 5.32. The lowest BCUT2D eigenvalue weighted by atomic mass is 9.92. The zero-order valence-electron chi connectivity index (χ0n) is 13.0. The van der Waals surface area contributed by atoms with E-state index in [1.54, 1.807) is 29.3 Å². The van der Waals surface area contributed by atoms with Gasteiger partial charge in [-0.3, -0.25) is 14.6 Å². The van der Waals surface area contributed by atoms with Gasteiger partial charge in [-0.05, 0) is 42.9 Å². The van der Waals surface area contributed by atoms with Crippen LogP contribution >= 0.6 is 11.6 Å². The number of aromatic nitrogens is 1. The maximum atomic E-state index is 13.0. The molecule has 0 spiro atoms. The zero-order valence-corrected chi connectivity index (χ0v) is 13.7. The van der Waals surface area contributed by atoms with Gasteiger partial charge < -0.3 is 10.0 Å². The average Bonchev–Trinajstić information content (AvgIpc) is 3.31. The second kappa shape index (κ2) is 5.74. The quantitative estimate of drug-likeness (QED) is 0.929. The van der Waals surface area contributed by atoms with Crippen molar-refractivity contribution in [3.8, 4) is 0 Å². The van der Waals surface area contributed by atoms with Crippen LogP contribution in [-0.2, 0) is 4.79 Å². The first kappa shape index (κ1) is 15.4. The summed E-state index contributed by atoms with van der Waals surface area (Å²) in [5, 5.41) is 10.8. The third kappa shape index (κ3) is 2.63. The first-order valence-electron chi connectivity index (χ1n) is 8.11. The first-order chi connectivity index (χ1) is 11.5. The molecule has 1 saturated carbocycles. The number of halogens is 1. The standard InChI is InChI=1S/C18H17ClN2O3/c19-12-6-11-2-1-5-20-16(11)13(7-12)17(22)21-8-14(10-3-4-10)15(9-21)18(23)24/h1-2,5-7,10,14-15H,3-4,8-9H2,(H,23,24)/t14-,15+/m1/s1. The topological polar surface area (TPSA) is 70.5 Å². The molecule has 1 amide bonds. The molecule has 2 heterocycles. The molecule has 1 aliphatic carbocycles. The summed E-state index contributed by atoms with van der Waals surface area (Å²) in [5.74, 6) is -0.963. The van der Waals surface area contributed by atoms with Gasteiger partial charge in [0.1, 0.15) is 0 Å². The van der Waals surface area contributed by atoms with Crippen molar-refractivity contribution in [1.29, 1.82) is 0 Å². The Morgan fingerprint density at radius 3 is 2.75 bits per heavy atom. The summed E-state index contributed by atoms with van der Waals surface area (Å²) in [6, 6.07) is 7.06. The van der Waals surface area contributed by atoms with Crippen LogP contribution in [0.3, 0.4) is 0 Å². The van der Waals surface area contributed by atoms with Gasteiger partial charge in [0.2, 0.25) is 0 Å². The van der Waals surface area contributed by atoms with Crippen LogP contribution in [0.15, 0.2) is 30.5 Å². The number of likely N-dealkylation sites (tertiary alicyclic amines) is 1. The Balaban J connectivity index is 1.68. The molecule has 1 aromatic heterocycles. The number of carboxylic acids is 1. The molecular formula is C18H17ClN2O3. The maximum Gasteiger partial charge on any atom is 0.308 e. The highest BCUT2D eigenvalue weighted by atomic mass is 35.5. The van der Waals surface area contributed by atoms with Crippen LogP contribution in [0.2, 0.25) is 5.02 Å². The van der Waals surface area contributed by atoms with Gasteiger partial charge >= 0.3 is 5.97 Å². The van der Waals surface area contributed by atoms with Crippen molar-refractivity contribution in [3.63, 3.8) is 0 Å². The molecule has 2 fully saturated rings. The predicted molar refractivity (Wildman–Crippen MR) is 90.0 cm³/mol. The van der Waals surface area contributed by atoms with E-state index in [0.717, 1.165) is 18.2 Å². The molecule has 4 rings (SSSR count). The maximum absolute atomic E-state index is 13.0. The lowest BCUT2D eigenvalue weighted by Crippen LogP contribution is -2.30. The minimum absolute atomic E-state index is 0.0601. The number of carbonyl (C=O) groups is 2. The molecule has 2 atom stereocenters. The number of hydrogen-bond acceptors (Lipinski definition) is 3. The smallest absolute Gasteiger partial charge is 0.308 e. The molecule has 5 nitrogen and oxygen atoms in total. The summed E-state index contributed by atoms with van der Waals surface area (Å²) in [5.41, 5.74) is 1.05. The molecule has 6 heteroatoms. The van der Waals surface area contributed by atoms with E-state index >= 15 is 0 Å². The van der Waals surface area contributed by atoms with Crippen LogP contribution in [0.4, 0.5) is 0 Å². The van der Waals surface area contributed by atoms with Crippen molar-refractivity contribution in [2.45, 2.75) is 12.8 Å². The summed E-state index contributed by atoms with van der Waals surface area (Å²) in [7, 11) is 0. The molecule has 0 bridgehead atoms. The van der Waals surface area contributed by atoms with E-state index in [9.17, 15) is 14.7 Å². The fourth-order valence-electron chi connectivity index (χ4n) is 3.75. The predicted octanol–water partition coefficient (Wildman–Crippen LogP) is 3.07. The molecule has 0 radical (unpaired) electrons. The van der Waals surface area contributed by atoms with E-state index in [-0.39, 0.29) is 18.4 Å². The number of rotatable bonds is 3. The van der Waals surface area contributed by atoms with Gasteiger partial charge in [0.05, 0.1) is 17.0 Å². The number of nitrogens with zero attached hydrogens (tertiary/aromatic N) is 2. The molecule has 2 aliphatic rings. The van der Waals surface area contributed by atoms with Crippen LogP contribution in [0.1, 0.15) is 23.2 Å². The molecule has 124 valence electrons. The van der Waals surface area contributed by atoms with Crippen molar-refractivity contribution in [1.82, 2.24) is 9.88 Å². The molecule has 24 heavy (non-hydrogen) atoms. The van der Waals surface area contributed by atoms with Crippen LogP contribution < -0.4 is 0 Å². The minimum atomic E-state index is -0.809. The van der Waals surface area contributed by atoms with E-state index < -0.39 is 11.9 Å². The van der Waals surface area contributed by atoms with Gasteiger partial charge in [-0.2, -0.15) is 0 Å². The summed E-state index contributed by atoms with van der Waals surface area (Å²) < 4.78 is 0. The van der Waals surface area contributed by atoms with Crippen molar-refractivity contribution in [2.24, 2.45) is 17.8 Å². The van der Waals surface area contributed by atoms with Crippen molar-refractivity contribution in [2.75, 3.05) is 13.1 Å². The number of fused-ring (bicyclic) bond motifs is 1. The van der Waals surface area contributed by atoms with Gasteiger partial charge in [0.25, 0.3) is 5.91 Å². The van der Waals surface area contributed by atoms with Crippen LogP contribution in [0.25, 0.3) is 10.9 Å². The number of benzene rings is 1. The second-order valence-corrected chi connectivity index (χ2v) is 7.12. The van der Waals surface area contributed by atoms with E-state index in [1.807, 2.05) is 6.07 Å². The molecule has 1 saturated heterocycles. The number of carboxylic acid groups (broad SMARTS) is 1. The largest absolute Gasteiger partial charge is 0.481 e. The van der Waals surface area contributed by atoms with E-state index in [4.69, 9.17) is 11.6 Å². The monoisotopic (exact) mass is 344 g/mol. The fraction of sp³-hybridized carbons (Fsp3) is 0.389. The van der Waals surface area contributed by atoms with Crippen LogP contribution in [0, 0.1) is 17.8 Å². The molecule has 1 aromatic carbocycles. The van der Waals surface area contributed by atoms with Crippen LogP contribution in [0.5, 0.6) is 0 Å². The molecule has 1 N–H and O–H groups in total. The lowest BCUT2D eigenvalue weighted by Gasteiger charge is -2.17.